The van der Waals surface area contributed by atoms with Crippen LogP contribution >= 0.6 is 35.8 Å². The Kier molecular flexibility index (Phi) is 10.8. The number of rotatable bonds is 8. The summed E-state index contributed by atoms with van der Waals surface area (Å²) in [4.78, 5) is 10.1. The molecule has 0 atom stereocenters. The van der Waals surface area contributed by atoms with Crippen molar-refractivity contribution in [1.82, 2.24) is 4.90 Å². The summed E-state index contributed by atoms with van der Waals surface area (Å²) in [6, 6.07) is 10.9. The lowest BCUT2D eigenvalue weighted by atomic mass is 10.0. The molecule has 0 spiro atoms. The van der Waals surface area contributed by atoms with Crippen molar-refractivity contribution in [2.75, 3.05) is 45.3 Å². The average molecular weight is 632 g/mol. The van der Waals surface area contributed by atoms with Crippen molar-refractivity contribution in [1.29, 1.82) is 0 Å². The van der Waals surface area contributed by atoms with E-state index in [1.54, 1.807) is 11.3 Å². The van der Waals surface area contributed by atoms with Gasteiger partial charge in [0.15, 0.2) is 11.5 Å². The van der Waals surface area contributed by atoms with Crippen molar-refractivity contribution < 1.29 is 9.15 Å². The normalized spacial score (nSPS) is 20.2. The lowest BCUT2D eigenvalue weighted by molar-refractivity contribution is 0.121. The van der Waals surface area contributed by atoms with Crippen LogP contribution in [0, 0.1) is 4.51 Å². The molecule has 2 aliphatic rings. The lowest BCUT2D eigenvalue weighted by Gasteiger charge is -2.27. The van der Waals surface area contributed by atoms with Gasteiger partial charge in [0.05, 0.1) is 22.4 Å². The number of hydrogen-bond acceptors (Lipinski definition) is 7. The first-order valence-electron chi connectivity index (χ1n) is 15.1. The van der Waals surface area contributed by atoms with Crippen molar-refractivity contribution in [2.24, 2.45) is 4.99 Å². The van der Waals surface area contributed by atoms with Crippen LogP contribution in [0.15, 0.2) is 80.2 Å². The molecular formula is C35H41N3O2S3. The van der Waals surface area contributed by atoms with Gasteiger partial charge in [-0.2, -0.15) is 0 Å². The predicted octanol–water partition coefficient (Wildman–Crippen LogP) is 9.34. The highest BCUT2D eigenvalue weighted by atomic mass is 32.1. The van der Waals surface area contributed by atoms with E-state index >= 15 is 0 Å². The highest BCUT2D eigenvalue weighted by molar-refractivity contribution is 7.80. The molecule has 0 amide bonds. The van der Waals surface area contributed by atoms with E-state index in [-0.39, 0.29) is 0 Å². The zero-order chi connectivity index (χ0) is 30.3. The summed E-state index contributed by atoms with van der Waals surface area (Å²) in [5.74, 6) is 0.833. The topological polar surface area (TPSA) is 41.2 Å². The van der Waals surface area contributed by atoms with Gasteiger partial charge in [-0.1, -0.05) is 60.9 Å². The maximum absolute atomic E-state index is 6.44. The van der Waals surface area contributed by atoms with Gasteiger partial charge in [0.2, 0.25) is 0 Å². The van der Waals surface area contributed by atoms with E-state index in [0.717, 1.165) is 99.7 Å². The quantitative estimate of drug-likeness (QED) is 0.182. The molecule has 43 heavy (non-hydrogen) atoms. The summed E-state index contributed by atoms with van der Waals surface area (Å²) in [6.45, 7) is 7.26. The Hall–Kier alpha value is -2.91. The number of anilines is 1. The van der Waals surface area contributed by atoms with Crippen LogP contribution in [-0.4, -0.2) is 56.0 Å². The van der Waals surface area contributed by atoms with E-state index in [9.17, 15) is 0 Å². The van der Waals surface area contributed by atoms with Crippen LogP contribution in [0.2, 0.25) is 0 Å². The molecule has 0 aliphatic carbocycles. The number of morpholine rings is 1. The molecule has 0 N–H and O–H groups in total. The Bertz CT molecular complexity index is 1630. The number of aliphatic imine (C=N–C) groups is 1. The standard InChI is InChI=1S/C35H41N3O2S3/c1-24(35(42)37(3)4)21-28-10-6-5-7-11-29(36-25(28)2)12-8-9-26-13-15-27(16-14-26)30-23-43-34-31(41)22-32(40-33(30)34)38-17-19-39-20-18-38/h10-11,13-16,21-23H,5-9,12,17-20H2,1-4H3/b24-21+,28-10-,29-11+,36-25-. The molecule has 3 aromatic rings. The first-order valence-corrected chi connectivity index (χ1v) is 16.8. The number of nitrogens with zero attached hydrogens (tertiary/aromatic N) is 3. The SMILES string of the molecule is C/C1=N/C(CCCc2ccc(-c3csc4c(=S)cc(N5CCOCC5)oc34)cc2)=C/CCC/C=C1/C=C(\C)C(=S)N(C)C. The molecule has 2 aromatic heterocycles. The van der Waals surface area contributed by atoms with E-state index < -0.39 is 0 Å². The number of thiocarbonyl (C=S) groups is 1. The van der Waals surface area contributed by atoms with E-state index in [1.807, 2.05) is 25.1 Å². The van der Waals surface area contributed by atoms with Gasteiger partial charge < -0.3 is 19.0 Å². The number of benzene rings is 1. The summed E-state index contributed by atoms with van der Waals surface area (Å²) in [7, 11) is 3.98. The number of aryl methyl sites for hydroxylation is 1. The molecular weight excluding hydrogens is 591 g/mol. The van der Waals surface area contributed by atoms with Crippen molar-refractivity contribution >= 4 is 62.6 Å². The van der Waals surface area contributed by atoms with Gasteiger partial charge in [-0.15, -0.1) is 11.3 Å². The molecule has 5 rings (SSSR count). The summed E-state index contributed by atoms with van der Waals surface area (Å²) in [5.41, 5.74) is 9.00. The van der Waals surface area contributed by atoms with Gasteiger partial charge in [-0.3, -0.25) is 4.99 Å². The molecule has 2 aliphatic heterocycles. The molecule has 4 heterocycles. The van der Waals surface area contributed by atoms with Gasteiger partial charge in [0.1, 0.15) is 4.99 Å². The van der Waals surface area contributed by atoms with Crippen LogP contribution in [0.3, 0.4) is 0 Å². The van der Waals surface area contributed by atoms with Gasteiger partial charge in [0, 0.05) is 55.6 Å². The Morgan fingerprint density at radius 2 is 1.84 bits per heavy atom. The number of fused-ring (bicyclic) bond motifs is 1. The highest BCUT2D eigenvalue weighted by Crippen LogP contribution is 2.37. The molecule has 8 heteroatoms. The fourth-order valence-corrected chi connectivity index (χ4v) is 6.79. The summed E-state index contributed by atoms with van der Waals surface area (Å²) < 4.78 is 13.8. The first-order chi connectivity index (χ1) is 20.8. The number of ether oxygens (including phenoxy) is 1. The molecule has 0 saturated carbocycles. The molecule has 1 saturated heterocycles. The Balaban J connectivity index is 1.25. The molecule has 5 nitrogen and oxygen atoms in total. The number of likely N-dealkylation sites (N-methyl/N-ethyl adjacent to an activating group) is 1. The van der Waals surface area contributed by atoms with Gasteiger partial charge in [0.25, 0.3) is 0 Å². The summed E-state index contributed by atoms with van der Waals surface area (Å²) in [5, 5.41) is 2.17. The average Bonchev–Trinajstić information content (AvgIpc) is 3.47. The number of thiophene rings is 1. The monoisotopic (exact) mass is 631 g/mol. The van der Waals surface area contributed by atoms with Crippen molar-refractivity contribution in [3.63, 3.8) is 0 Å². The third-order valence-electron chi connectivity index (χ3n) is 7.91. The lowest BCUT2D eigenvalue weighted by Crippen LogP contribution is -2.36. The molecule has 226 valence electrons. The zero-order valence-electron chi connectivity index (χ0n) is 25.7. The zero-order valence-corrected chi connectivity index (χ0v) is 28.1. The minimum absolute atomic E-state index is 0.711. The molecule has 0 bridgehead atoms. The van der Waals surface area contributed by atoms with Crippen LogP contribution in [0.1, 0.15) is 51.5 Å². The second-order valence-corrected chi connectivity index (χ2v) is 13.1. The summed E-state index contributed by atoms with van der Waals surface area (Å²) in [6.07, 6.45) is 13.1. The number of hydrogen-bond donors (Lipinski definition) is 0. The fraction of sp³-hybridized carbons (Fsp3) is 0.400. The van der Waals surface area contributed by atoms with Crippen LogP contribution < -0.4 is 4.90 Å². The van der Waals surface area contributed by atoms with Crippen LogP contribution in [-0.2, 0) is 11.2 Å². The molecule has 0 unspecified atom stereocenters. The van der Waals surface area contributed by atoms with Gasteiger partial charge >= 0.3 is 0 Å². The van der Waals surface area contributed by atoms with E-state index in [4.69, 9.17) is 38.6 Å². The second-order valence-electron chi connectivity index (χ2n) is 11.4. The number of allylic oxidation sites excluding steroid dienone is 5. The Labute approximate surface area is 270 Å². The van der Waals surface area contributed by atoms with Crippen LogP contribution in [0.4, 0.5) is 5.88 Å². The van der Waals surface area contributed by atoms with Crippen LogP contribution in [0.5, 0.6) is 0 Å². The molecule has 1 fully saturated rings. The third-order valence-corrected chi connectivity index (χ3v) is 10.0. The maximum atomic E-state index is 6.44. The van der Waals surface area contributed by atoms with E-state index in [0.29, 0.717) is 13.2 Å². The smallest absolute Gasteiger partial charge is 0.197 e. The highest BCUT2D eigenvalue weighted by Gasteiger charge is 2.17. The van der Waals surface area contributed by atoms with Gasteiger partial charge in [-0.05, 0) is 80.7 Å². The van der Waals surface area contributed by atoms with Gasteiger partial charge in [-0.25, -0.2) is 0 Å². The van der Waals surface area contributed by atoms with Crippen molar-refractivity contribution in [3.8, 4) is 11.1 Å². The third kappa shape index (κ3) is 7.98. The van der Waals surface area contributed by atoms with Crippen molar-refractivity contribution in [2.45, 2.75) is 52.4 Å². The maximum Gasteiger partial charge on any atom is 0.197 e. The fourth-order valence-electron chi connectivity index (χ4n) is 5.48. The molecule has 0 radical (unpaired) electrons. The first kappa shape index (κ1) is 31.5. The summed E-state index contributed by atoms with van der Waals surface area (Å²) >= 11 is 13.0. The Morgan fingerprint density at radius 1 is 1.09 bits per heavy atom. The molecule has 1 aromatic carbocycles. The predicted molar refractivity (Wildman–Crippen MR) is 189 cm³/mol. The van der Waals surface area contributed by atoms with Crippen LogP contribution in [0.25, 0.3) is 21.4 Å². The van der Waals surface area contributed by atoms with E-state index in [1.165, 1.54) is 16.8 Å². The van der Waals surface area contributed by atoms with Crippen molar-refractivity contribution in [3.05, 3.63) is 80.9 Å². The largest absolute Gasteiger partial charge is 0.439 e. The minimum atomic E-state index is 0.711. The Morgan fingerprint density at radius 3 is 2.58 bits per heavy atom. The van der Waals surface area contributed by atoms with E-state index in [2.05, 4.69) is 66.6 Å². The minimum Gasteiger partial charge on any atom is -0.439 e. The second kappa shape index (κ2) is 14.7.